The van der Waals surface area contributed by atoms with Gasteiger partial charge in [-0.05, 0) is 19.1 Å². The zero-order valence-electron chi connectivity index (χ0n) is 10.6. The number of nitrogens with one attached hydrogen (secondary N) is 1. The summed E-state index contributed by atoms with van der Waals surface area (Å²) in [6, 6.07) is 2.90. The van der Waals surface area contributed by atoms with E-state index < -0.39 is 16.0 Å². The van der Waals surface area contributed by atoms with Crippen molar-refractivity contribution < 1.29 is 18.3 Å². The first kappa shape index (κ1) is 14.5. The van der Waals surface area contributed by atoms with Crippen LogP contribution >= 0.6 is 11.3 Å². The third-order valence-corrected chi connectivity index (χ3v) is 5.40. The summed E-state index contributed by atoms with van der Waals surface area (Å²) in [6.45, 7) is 2.53. The van der Waals surface area contributed by atoms with Gasteiger partial charge in [0.05, 0.1) is 18.3 Å². The van der Waals surface area contributed by atoms with E-state index in [1.165, 1.54) is 18.3 Å². The van der Waals surface area contributed by atoms with Gasteiger partial charge in [-0.2, -0.15) is 5.10 Å². The molecule has 2 rings (SSSR count). The lowest BCUT2D eigenvalue weighted by molar-refractivity contribution is -0.136. The minimum absolute atomic E-state index is 0.0815. The molecule has 20 heavy (non-hydrogen) atoms. The fourth-order valence-corrected chi connectivity index (χ4v) is 3.92. The van der Waals surface area contributed by atoms with Crippen LogP contribution in [0.1, 0.15) is 11.8 Å². The van der Waals surface area contributed by atoms with Gasteiger partial charge in [0.15, 0.2) is 0 Å². The number of aromatic nitrogens is 2. The average Bonchev–Trinajstić information content (AvgIpc) is 2.97. The van der Waals surface area contributed by atoms with Crippen molar-refractivity contribution in [2.75, 3.05) is 4.72 Å². The third kappa shape index (κ3) is 3.36. The molecule has 0 bridgehead atoms. The molecule has 0 unspecified atom stereocenters. The second kappa shape index (κ2) is 5.63. The highest BCUT2D eigenvalue weighted by atomic mass is 32.2. The Balaban J connectivity index is 2.17. The molecule has 9 heteroatoms. The zero-order valence-corrected chi connectivity index (χ0v) is 12.2. The van der Waals surface area contributed by atoms with Crippen LogP contribution in [0.5, 0.6) is 0 Å². The summed E-state index contributed by atoms with van der Waals surface area (Å²) in [5.41, 5.74) is 0.375. The Labute approximate surface area is 119 Å². The smallest absolute Gasteiger partial charge is 0.308 e. The lowest BCUT2D eigenvalue weighted by Gasteiger charge is -2.02. The Morgan fingerprint density at radius 2 is 2.25 bits per heavy atom. The van der Waals surface area contributed by atoms with Crippen LogP contribution in [0.4, 0.5) is 5.69 Å². The van der Waals surface area contributed by atoms with Gasteiger partial charge in [0.25, 0.3) is 10.0 Å². The Morgan fingerprint density at radius 1 is 1.50 bits per heavy atom. The summed E-state index contributed by atoms with van der Waals surface area (Å²) < 4.78 is 28.3. The molecule has 0 aliphatic rings. The van der Waals surface area contributed by atoms with Gasteiger partial charge in [-0.15, -0.1) is 11.3 Å². The monoisotopic (exact) mass is 315 g/mol. The van der Waals surface area contributed by atoms with Gasteiger partial charge < -0.3 is 5.11 Å². The molecule has 0 saturated carbocycles. The van der Waals surface area contributed by atoms with Gasteiger partial charge in [-0.1, -0.05) is 0 Å². The first-order valence-electron chi connectivity index (χ1n) is 5.76. The molecule has 2 aromatic rings. The topological polar surface area (TPSA) is 101 Å². The molecule has 2 N–H and O–H groups in total. The normalized spacial score (nSPS) is 11.4. The molecule has 0 spiro atoms. The summed E-state index contributed by atoms with van der Waals surface area (Å²) >= 11 is 0.941. The average molecular weight is 315 g/mol. The quantitative estimate of drug-likeness (QED) is 0.839. The number of rotatable bonds is 6. The minimum atomic E-state index is -3.70. The molecule has 0 fully saturated rings. The summed E-state index contributed by atoms with van der Waals surface area (Å²) in [6.07, 6.45) is 2.82. The molecule has 2 heterocycles. The molecule has 7 nitrogen and oxygen atoms in total. The zero-order chi connectivity index (χ0) is 14.8. The predicted molar refractivity (Wildman–Crippen MR) is 74.4 cm³/mol. The number of carboxylic acid groups (broad SMARTS) is 1. The van der Waals surface area contributed by atoms with Crippen LogP contribution in [-0.4, -0.2) is 29.3 Å². The van der Waals surface area contributed by atoms with Gasteiger partial charge in [-0.3, -0.25) is 14.2 Å². The minimum Gasteiger partial charge on any atom is -0.481 e. The molecule has 2 aromatic heterocycles. The highest BCUT2D eigenvalue weighted by Gasteiger charge is 2.18. The number of aryl methyl sites for hydroxylation is 1. The molecule has 0 aliphatic heterocycles. The first-order chi connectivity index (χ1) is 9.40. The van der Waals surface area contributed by atoms with Crippen molar-refractivity contribution in [1.82, 2.24) is 9.78 Å². The second-order valence-electron chi connectivity index (χ2n) is 3.98. The van der Waals surface area contributed by atoms with E-state index in [-0.39, 0.29) is 10.6 Å². The molecule has 0 atom stereocenters. The van der Waals surface area contributed by atoms with Gasteiger partial charge >= 0.3 is 5.97 Å². The molecule has 0 aliphatic carbocycles. The lowest BCUT2D eigenvalue weighted by Crippen LogP contribution is -2.10. The van der Waals surface area contributed by atoms with E-state index in [9.17, 15) is 13.2 Å². The summed E-state index contributed by atoms with van der Waals surface area (Å²) in [5.74, 6) is -0.993. The number of sulfonamides is 1. The SMILES string of the molecule is CCn1cc(NS(=O)(=O)c2ccc(CC(=O)O)s2)cn1. The van der Waals surface area contributed by atoms with Gasteiger partial charge in [-0.25, -0.2) is 8.42 Å². The Morgan fingerprint density at radius 3 is 2.85 bits per heavy atom. The van der Waals surface area contributed by atoms with E-state index in [1.807, 2.05) is 6.92 Å². The molecular formula is C11H13N3O4S2. The van der Waals surface area contributed by atoms with Crippen molar-refractivity contribution in [3.8, 4) is 0 Å². The number of hydrogen-bond donors (Lipinski definition) is 2. The predicted octanol–water partition coefficient (Wildman–Crippen LogP) is 1.39. The Bertz CT molecular complexity index is 718. The van der Waals surface area contributed by atoms with Crippen molar-refractivity contribution >= 4 is 33.0 Å². The van der Waals surface area contributed by atoms with Gasteiger partial charge in [0, 0.05) is 17.6 Å². The molecular weight excluding hydrogens is 302 g/mol. The maximum atomic E-state index is 12.1. The maximum absolute atomic E-state index is 12.1. The lowest BCUT2D eigenvalue weighted by atomic mass is 10.3. The maximum Gasteiger partial charge on any atom is 0.308 e. The van der Waals surface area contributed by atoms with E-state index in [2.05, 4.69) is 9.82 Å². The highest BCUT2D eigenvalue weighted by molar-refractivity contribution is 7.94. The number of thiophene rings is 1. The molecule has 0 radical (unpaired) electrons. The van der Waals surface area contributed by atoms with Crippen LogP contribution in [0.3, 0.4) is 0 Å². The van der Waals surface area contributed by atoms with Crippen LogP contribution in [0, 0.1) is 0 Å². The van der Waals surface area contributed by atoms with Crippen LogP contribution in [0.25, 0.3) is 0 Å². The standard InChI is InChI=1S/C11H13N3O4S2/c1-2-14-7-8(6-12-14)13-20(17,18)11-4-3-9(19-11)5-10(15)16/h3-4,6-7,13H,2,5H2,1H3,(H,15,16). The van der Waals surface area contributed by atoms with E-state index in [0.29, 0.717) is 17.1 Å². The Hall–Kier alpha value is -1.87. The van der Waals surface area contributed by atoms with Gasteiger partial charge in [0.1, 0.15) is 4.21 Å². The Kier molecular flexibility index (Phi) is 4.09. The number of nitrogens with zero attached hydrogens (tertiary/aromatic N) is 2. The van der Waals surface area contributed by atoms with Gasteiger partial charge in [0.2, 0.25) is 0 Å². The number of carboxylic acids is 1. The summed E-state index contributed by atoms with van der Waals surface area (Å²) in [7, 11) is -3.70. The van der Waals surface area contributed by atoms with Crippen LogP contribution < -0.4 is 4.72 Å². The largest absolute Gasteiger partial charge is 0.481 e. The van der Waals surface area contributed by atoms with Crippen LogP contribution in [0.15, 0.2) is 28.7 Å². The molecule has 0 amide bonds. The summed E-state index contributed by atoms with van der Waals surface area (Å²) in [4.78, 5) is 11.1. The van der Waals surface area contributed by atoms with Crippen molar-refractivity contribution in [3.63, 3.8) is 0 Å². The van der Waals surface area contributed by atoms with Crippen LogP contribution in [-0.2, 0) is 27.8 Å². The molecule has 0 saturated heterocycles. The first-order valence-corrected chi connectivity index (χ1v) is 8.06. The fourth-order valence-electron chi connectivity index (χ4n) is 1.54. The van der Waals surface area contributed by atoms with Crippen LogP contribution in [0.2, 0.25) is 0 Å². The van der Waals surface area contributed by atoms with Crippen molar-refractivity contribution in [1.29, 1.82) is 0 Å². The number of aliphatic carboxylic acids is 1. The third-order valence-electron chi connectivity index (χ3n) is 2.44. The number of anilines is 1. The highest BCUT2D eigenvalue weighted by Crippen LogP contribution is 2.24. The van der Waals surface area contributed by atoms with E-state index in [1.54, 1.807) is 10.9 Å². The second-order valence-corrected chi connectivity index (χ2v) is 7.06. The van der Waals surface area contributed by atoms with E-state index >= 15 is 0 Å². The van der Waals surface area contributed by atoms with E-state index in [4.69, 9.17) is 5.11 Å². The molecule has 108 valence electrons. The van der Waals surface area contributed by atoms with E-state index in [0.717, 1.165) is 11.3 Å². The fraction of sp³-hybridized carbons (Fsp3) is 0.273. The summed E-state index contributed by atoms with van der Waals surface area (Å²) in [5, 5.41) is 12.6. The van der Waals surface area contributed by atoms with Crippen molar-refractivity contribution in [2.45, 2.75) is 24.1 Å². The number of carbonyl (C=O) groups is 1. The molecule has 0 aromatic carbocycles. The van der Waals surface area contributed by atoms with Crippen molar-refractivity contribution in [2.24, 2.45) is 0 Å². The number of hydrogen-bond acceptors (Lipinski definition) is 5. The van der Waals surface area contributed by atoms with Crippen molar-refractivity contribution in [3.05, 3.63) is 29.4 Å².